The summed E-state index contributed by atoms with van der Waals surface area (Å²) in [6, 6.07) is 7.72. The molecule has 11 heteroatoms. The lowest BCUT2D eigenvalue weighted by molar-refractivity contribution is -0.141. The number of carbonyl (C=O) groups excluding carboxylic acids is 1. The van der Waals surface area contributed by atoms with E-state index in [2.05, 4.69) is 20.3 Å². The molecule has 0 aliphatic heterocycles. The van der Waals surface area contributed by atoms with E-state index in [9.17, 15) is 29.1 Å². The molecular formula is C19H19N5O6. The molecule has 156 valence electrons. The van der Waals surface area contributed by atoms with E-state index in [0.717, 1.165) is 10.1 Å². The van der Waals surface area contributed by atoms with Crippen LogP contribution in [0.5, 0.6) is 0 Å². The molecule has 3 aromatic rings. The molecule has 2 aromatic heterocycles. The maximum absolute atomic E-state index is 12.2. The van der Waals surface area contributed by atoms with Gasteiger partial charge in [-0.1, -0.05) is 30.3 Å². The summed E-state index contributed by atoms with van der Waals surface area (Å²) in [6.45, 7) is 0. The summed E-state index contributed by atoms with van der Waals surface area (Å²) in [7, 11) is 1.37. The zero-order chi connectivity index (χ0) is 21.8. The zero-order valence-electron chi connectivity index (χ0n) is 16.0. The van der Waals surface area contributed by atoms with E-state index in [1.807, 2.05) is 0 Å². The number of nitrogens with one attached hydrogen (secondary N) is 3. The summed E-state index contributed by atoms with van der Waals surface area (Å²) >= 11 is 0. The fourth-order valence-corrected chi connectivity index (χ4v) is 2.94. The molecule has 4 N–H and O–H groups in total. The molecular weight excluding hydrogens is 394 g/mol. The molecule has 0 aliphatic rings. The molecule has 0 saturated carbocycles. The van der Waals surface area contributed by atoms with Crippen LogP contribution in [0.3, 0.4) is 0 Å². The quantitative estimate of drug-likeness (QED) is 0.387. The molecule has 11 nitrogen and oxygen atoms in total. The fraction of sp³-hybridized carbons (Fsp3) is 0.263. The first-order valence-electron chi connectivity index (χ1n) is 9.04. The Kier molecular flexibility index (Phi) is 5.90. The van der Waals surface area contributed by atoms with Crippen LogP contribution in [-0.2, 0) is 29.5 Å². The van der Waals surface area contributed by atoms with E-state index in [1.54, 1.807) is 30.3 Å². The smallest absolute Gasteiger partial charge is 0.329 e. The first-order valence-corrected chi connectivity index (χ1v) is 9.04. The van der Waals surface area contributed by atoms with Gasteiger partial charge in [0.1, 0.15) is 17.4 Å². The van der Waals surface area contributed by atoms with Crippen LogP contribution in [0.2, 0.25) is 0 Å². The Hall–Kier alpha value is -4.02. The van der Waals surface area contributed by atoms with Gasteiger partial charge in [0.25, 0.3) is 11.1 Å². The van der Waals surface area contributed by atoms with Crippen LogP contribution < -0.4 is 22.1 Å². The number of aliphatic carboxylic acids is 1. The van der Waals surface area contributed by atoms with Crippen molar-refractivity contribution >= 4 is 23.0 Å². The highest BCUT2D eigenvalue weighted by Crippen LogP contribution is 2.05. The van der Waals surface area contributed by atoms with Crippen molar-refractivity contribution < 1.29 is 14.7 Å². The summed E-state index contributed by atoms with van der Waals surface area (Å²) in [5, 5.41) is 11.8. The number of aromatic amines is 2. The number of rotatable bonds is 7. The van der Waals surface area contributed by atoms with Gasteiger partial charge in [0.2, 0.25) is 5.91 Å². The third kappa shape index (κ3) is 4.51. The highest BCUT2D eigenvalue weighted by atomic mass is 16.4. The normalized spacial score (nSPS) is 11.9. The Morgan fingerprint density at radius 2 is 1.83 bits per heavy atom. The molecule has 3 rings (SSSR count). The van der Waals surface area contributed by atoms with Crippen LogP contribution in [0.25, 0.3) is 11.2 Å². The highest BCUT2D eigenvalue weighted by Gasteiger charge is 2.21. The second-order valence-electron chi connectivity index (χ2n) is 6.68. The Bertz CT molecular complexity index is 1270. The van der Waals surface area contributed by atoms with E-state index >= 15 is 0 Å². The number of amides is 1. The molecule has 0 radical (unpaired) electrons. The van der Waals surface area contributed by atoms with E-state index in [-0.39, 0.29) is 36.1 Å². The number of nitrogens with zero attached hydrogens (tertiary/aromatic N) is 2. The summed E-state index contributed by atoms with van der Waals surface area (Å²) in [5.41, 5.74) is -1.59. The average Bonchev–Trinajstić information content (AvgIpc) is 2.71. The van der Waals surface area contributed by atoms with Crippen LogP contribution in [0.1, 0.15) is 17.7 Å². The topological polar surface area (TPSA) is 167 Å². The average molecular weight is 413 g/mol. The third-order valence-corrected chi connectivity index (χ3v) is 4.55. The third-order valence-electron chi connectivity index (χ3n) is 4.55. The number of aryl methyl sites for hydroxylation is 2. The maximum atomic E-state index is 12.2. The summed E-state index contributed by atoms with van der Waals surface area (Å²) in [5.74, 6) is -1.75. The minimum absolute atomic E-state index is 0.0317. The molecule has 0 bridgehead atoms. The molecule has 1 aromatic carbocycles. The Balaban J connectivity index is 1.73. The van der Waals surface area contributed by atoms with Crippen molar-refractivity contribution in [2.75, 3.05) is 0 Å². The molecule has 0 fully saturated rings. The van der Waals surface area contributed by atoms with Gasteiger partial charge in [0, 0.05) is 26.3 Å². The first kappa shape index (κ1) is 20.7. The van der Waals surface area contributed by atoms with Crippen molar-refractivity contribution in [3.05, 3.63) is 72.8 Å². The molecule has 0 aliphatic carbocycles. The van der Waals surface area contributed by atoms with Crippen molar-refractivity contribution in [3.63, 3.8) is 0 Å². The Labute approximate surface area is 168 Å². The summed E-state index contributed by atoms with van der Waals surface area (Å²) < 4.78 is 1.04. The number of H-pyrrole nitrogens is 2. The molecule has 2 heterocycles. The van der Waals surface area contributed by atoms with Gasteiger partial charge < -0.3 is 15.4 Å². The maximum Gasteiger partial charge on any atom is 0.329 e. The van der Waals surface area contributed by atoms with E-state index in [0.29, 0.717) is 0 Å². The molecule has 1 atom stereocenters. The van der Waals surface area contributed by atoms with Gasteiger partial charge in [-0.15, -0.1) is 0 Å². The van der Waals surface area contributed by atoms with Crippen molar-refractivity contribution in [2.45, 2.75) is 25.3 Å². The highest BCUT2D eigenvalue weighted by molar-refractivity contribution is 5.83. The molecule has 0 unspecified atom stereocenters. The Morgan fingerprint density at radius 3 is 2.50 bits per heavy atom. The predicted molar refractivity (Wildman–Crippen MR) is 106 cm³/mol. The van der Waals surface area contributed by atoms with Gasteiger partial charge in [-0.3, -0.25) is 23.9 Å². The number of aromatic nitrogens is 4. The van der Waals surface area contributed by atoms with Gasteiger partial charge in [0.05, 0.1) is 0 Å². The lowest BCUT2D eigenvalue weighted by atomic mass is 10.1. The number of hydrogen-bond donors (Lipinski definition) is 4. The van der Waals surface area contributed by atoms with Crippen molar-refractivity contribution in [1.29, 1.82) is 0 Å². The van der Waals surface area contributed by atoms with Gasteiger partial charge in [-0.05, 0) is 5.56 Å². The monoisotopic (exact) mass is 413 g/mol. The predicted octanol–water partition coefficient (Wildman–Crippen LogP) is -0.945. The van der Waals surface area contributed by atoms with Crippen LogP contribution in [0.15, 0.2) is 44.7 Å². The number of benzene rings is 1. The minimum atomic E-state index is -1.18. The number of fused-ring (bicyclic) bond motifs is 1. The van der Waals surface area contributed by atoms with Crippen LogP contribution in [-0.4, -0.2) is 42.5 Å². The van der Waals surface area contributed by atoms with Crippen LogP contribution in [0, 0.1) is 0 Å². The summed E-state index contributed by atoms with van der Waals surface area (Å²) in [6.07, 6.45) is -0.207. The number of hydrogen-bond acceptors (Lipinski definition) is 6. The Morgan fingerprint density at radius 1 is 1.13 bits per heavy atom. The molecule has 0 saturated heterocycles. The first-order chi connectivity index (χ1) is 14.3. The standard InChI is InChI=1S/C19H19N5O6/c1-24-15-14(17(27)23-19(24)30)21-11(16(26)22-15)7-8-13(25)20-12(18(28)29)9-10-5-3-2-4-6-10/h2-6,12H,7-9H2,1H3,(H,20,25)(H,22,26)(H,28,29)(H,23,27,30)/t12-/m0/s1. The SMILES string of the molecule is Cn1c(=O)[nH]c(=O)c2nc(CCC(=O)N[C@@H](Cc3ccccc3)C(=O)O)c(=O)[nH]c21. The zero-order valence-corrected chi connectivity index (χ0v) is 16.0. The van der Waals surface area contributed by atoms with Gasteiger partial charge in [0.15, 0.2) is 5.52 Å². The van der Waals surface area contributed by atoms with Crippen molar-refractivity contribution in [3.8, 4) is 0 Å². The second kappa shape index (κ2) is 8.55. The lowest BCUT2D eigenvalue weighted by Gasteiger charge is -2.14. The van der Waals surface area contributed by atoms with E-state index in [4.69, 9.17) is 0 Å². The van der Waals surface area contributed by atoms with E-state index in [1.165, 1.54) is 7.05 Å². The molecule has 1 amide bonds. The fourth-order valence-electron chi connectivity index (χ4n) is 2.94. The molecule has 30 heavy (non-hydrogen) atoms. The van der Waals surface area contributed by atoms with E-state index < -0.39 is 34.7 Å². The largest absolute Gasteiger partial charge is 0.480 e. The number of carbonyl (C=O) groups is 2. The second-order valence-corrected chi connectivity index (χ2v) is 6.68. The number of carboxylic acids is 1. The lowest BCUT2D eigenvalue weighted by Crippen LogP contribution is -2.42. The van der Waals surface area contributed by atoms with Gasteiger partial charge >= 0.3 is 11.7 Å². The van der Waals surface area contributed by atoms with Crippen molar-refractivity contribution in [1.82, 2.24) is 24.8 Å². The minimum Gasteiger partial charge on any atom is -0.480 e. The van der Waals surface area contributed by atoms with Gasteiger partial charge in [-0.2, -0.15) is 0 Å². The molecule has 0 spiro atoms. The number of carboxylic acid groups (broad SMARTS) is 1. The van der Waals surface area contributed by atoms with Gasteiger partial charge in [-0.25, -0.2) is 14.6 Å². The van der Waals surface area contributed by atoms with Crippen molar-refractivity contribution in [2.24, 2.45) is 7.05 Å². The van der Waals surface area contributed by atoms with Crippen LogP contribution in [0.4, 0.5) is 0 Å². The summed E-state index contributed by atoms with van der Waals surface area (Å²) in [4.78, 5) is 68.0. The van der Waals surface area contributed by atoms with Crippen LogP contribution >= 0.6 is 0 Å².